The Hall–Kier alpha value is -2.99. The second-order valence-electron chi connectivity index (χ2n) is 5.81. The fourth-order valence-corrected chi connectivity index (χ4v) is 3.40. The summed E-state index contributed by atoms with van der Waals surface area (Å²) in [6.45, 7) is 0.713. The van der Waals surface area contributed by atoms with Crippen molar-refractivity contribution < 1.29 is 9.59 Å². The Morgan fingerprint density at radius 1 is 1.08 bits per heavy atom. The normalized spacial score (nSPS) is 11.1. The Kier molecular flexibility index (Phi) is 5.76. The first-order valence-electron chi connectivity index (χ1n) is 8.26. The van der Waals surface area contributed by atoms with Gasteiger partial charge in [0.25, 0.3) is 0 Å². The van der Waals surface area contributed by atoms with Crippen molar-refractivity contribution in [2.45, 2.75) is 13.0 Å². The highest BCUT2D eigenvalue weighted by Crippen LogP contribution is 2.22. The van der Waals surface area contributed by atoms with Crippen LogP contribution in [0, 0.1) is 0 Å². The van der Waals surface area contributed by atoms with Gasteiger partial charge in [0.05, 0.1) is 10.2 Å². The highest BCUT2D eigenvalue weighted by molar-refractivity contribution is 7.19. The first-order valence-corrected chi connectivity index (χ1v) is 9.08. The van der Waals surface area contributed by atoms with E-state index in [0.717, 1.165) is 20.8 Å². The molecule has 0 atom stereocenters. The van der Waals surface area contributed by atoms with E-state index in [2.05, 4.69) is 4.98 Å². The lowest BCUT2D eigenvalue weighted by Crippen LogP contribution is -2.32. The van der Waals surface area contributed by atoms with Crippen LogP contribution in [0.1, 0.15) is 17.0 Å². The number of carbonyl (C=O) groups is 2. The van der Waals surface area contributed by atoms with E-state index in [-0.39, 0.29) is 18.9 Å². The third-order valence-electron chi connectivity index (χ3n) is 3.83. The number of nitrogens with two attached hydrogens (primary N) is 1. The maximum absolute atomic E-state index is 12.6. The number of aromatic nitrogens is 1. The van der Waals surface area contributed by atoms with Gasteiger partial charge in [-0.1, -0.05) is 42.5 Å². The van der Waals surface area contributed by atoms with E-state index in [4.69, 9.17) is 5.73 Å². The van der Waals surface area contributed by atoms with Gasteiger partial charge in [-0.2, -0.15) is 0 Å². The summed E-state index contributed by atoms with van der Waals surface area (Å²) in [5.41, 5.74) is 7.15. The zero-order chi connectivity index (χ0) is 18.4. The Balaban J connectivity index is 1.73. The number of primary amides is 1. The van der Waals surface area contributed by atoms with E-state index >= 15 is 0 Å². The van der Waals surface area contributed by atoms with Crippen LogP contribution in [0.25, 0.3) is 16.3 Å². The van der Waals surface area contributed by atoms with Crippen molar-refractivity contribution in [1.82, 2.24) is 9.88 Å². The third kappa shape index (κ3) is 4.77. The lowest BCUT2D eigenvalue weighted by Gasteiger charge is -2.20. The van der Waals surface area contributed by atoms with E-state index in [1.165, 1.54) is 17.4 Å². The SMILES string of the molecule is NC(=O)CCN(Cc1ccccc1)C(=O)/C=C/c1nc2ccccc2s1. The van der Waals surface area contributed by atoms with Crippen LogP contribution in [-0.2, 0) is 16.1 Å². The Morgan fingerprint density at radius 3 is 2.54 bits per heavy atom. The monoisotopic (exact) mass is 365 g/mol. The van der Waals surface area contributed by atoms with Gasteiger partial charge in [0.1, 0.15) is 5.01 Å². The first-order chi connectivity index (χ1) is 12.6. The van der Waals surface area contributed by atoms with Gasteiger partial charge < -0.3 is 10.6 Å². The molecule has 0 fully saturated rings. The maximum atomic E-state index is 12.6. The second-order valence-corrected chi connectivity index (χ2v) is 6.88. The molecule has 0 aliphatic heterocycles. The maximum Gasteiger partial charge on any atom is 0.246 e. The number of nitrogens with zero attached hydrogens (tertiary/aromatic N) is 2. The van der Waals surface area contributed by atoms with Gasteiger partial charge >= 0.3 is 0 Å². The molecule has 1 heterocycles. The van der Waals surface area contributed by atoms with E-state index in [1.54, 1.807) is 11.0 Å². The van der Waals surface area contributed by atoms with Crippen molar-refractivity contribution >= 4 is 39.4 Å². The van der Waals surface area contributed by atoms with Gasteiger partial charge in [-0.25, -0.2) is 4.98 Å². The van der Waals surface area contributed by atoms with Crippen LogP contribution in [0.3, 0.4) is 0 Å². The van der Waals surface area contributed by atoms with E-state index in [0.29, 0.717) is 6.54 Å². The predicted octanol–water partition coefficient (Wildman–Crippen LogP) is 3.21. The van der Waals surface area contributed by atoms with Gasteiger partial charge in [0, 0.05) is 25.6 Å². The molecule has 3 rings (SSSR count). The van der Waals surface area contributed by atoms with Crippen molar-refractivity contribution in [2.75, 3.05) is 6.54 Å². The molecule has 5 nitrogen and oxygen atoms in total. The van der Waals surface area contributed by atoms with Crippen molar-refractivity contribution in [2.24, 2.45) is 5.73 Å². The average Bonchev–Trinajstić information content (AvgIpc) is 3.07. The molecule has 0 saturated heterocycles. The number of benzene rings is 2. The lowest BCUT2D eigenvalue weighted by atomic mass is 10.2. The van der Waals surface area contributed by atoms with Gasteiger partial charge in [-0.15, -0.1) is 11.3 Å². The van der Waals surface area contributed by atoms with Crippen LogP contribution in [0.4, 0.5) is 0 Å². The average molecular weight is 365 g/mol. The van der Waals surface area contributed by atoms with Gasteiger partial charge in [-0.3, -0.25) is 9.59 Å². The minimum absolute atomic E-state index is 0.132. The molecular formula is C20H19N3O2S. The highest BCUT2D eigenvalue weighted by atomic mass is 32.1. The topological polar surface area (TPSA) is 76.3 Å². The number of hydrogen-bond acceptors (Lipinski definition) is 4. The molecule has 2 N–H and O–H groups in total. The Labute approximate surface area is 155 Å². The summed E-state index contributed by atoms with van der Waals surface area (Å²) in [6, 6.07) is 17.5. The summed E-state index contributed by atoms with van der Waals surface area (Å²) in [5, 5.41) is 0.772. The fraction of sp³-hybridized carbons (Fsp3) is 0.150. The molecule has 2 amide bonds. The van der Waals surface area contributed by atoms with Crippen molar-refractivity contribution in [3.05, 3.63) is 71.2 Å². The number of thiazole rings is 1. The summed E-state index contributed by atoms with van der Waals surface area (Å²) in [7, 11) is 0. The molecule has 0 aliphatic carbocycles. The van der Waals surface area contributed by atoms with Crippen LogP contribution in [0.5, 0.6) is 0 Å². The summed E-state index contributed by atoms with van der Waals surface area (Å²) in [5.74, 6) is -0.597. The smallest absolute Gasteiger partial charge is 0.246 e. The minimum Gasteiger partial charge on any atom is -0.370 e. The number of rotatable bonds is 7. The quantitative estimate of drug-likeness (QED) is 0.653. The summed E-state index contributed by atoms with van der Waals surface area (Å²) < 4.78 is 1.08. The zero-order valence-electron chi connectivity index (χ0n) is 14.2. The van der Waals surface area contributed by atoms with Crippen LogP contribution in [0.15, 0.2) is 60.7 Å². The standard InChI is InChI=1S/C20H19N3O2S/c21-18(24)12-13-23(14-15-6-2-1-3-7-15)20(25)11-10-19-22-16-8-4-5-9-17(16)26-19/h1-11H,12-14H2,(H2,21,24)/b11-10+. The molecule has 2 aromatic carbocycles. The predicted molar refractivity (Wildman–Crippen MR) is 104 cm³/mol. The zero-order valence-corrected chi connectivity index (χ0v) is 15.0. The molecule has 0 unspecified atom stereocenters. The summed E-state index contributed by atoms with van der Waals surface area (Å²) >= 11 is 1.53. The number of fused-ring (bicyclic) bond motifs is 1. The van der Waals surface area contributed by atoms with Crippen molar-refractivity contribution in [1.29, 1.82) is 0 Å². The van der Waals surface area contributed by atoms with Crippen molar-refractivity contribution in [3.63, 3.8) is 0 Å². The lowest BCUT2D eigenvalue weighted by molar-refractivity contribution is -0.127. The van der Waals surface area contributed by atoms with E-state index in [1.807, 2.05) is 54.6 Å². The number of carbonyl (C=O) groups excluding carboxylic acids is 2. The van der Waals surface area contributed by atoms with Crippen molar-refractivity contribution in [3.8, 4) is 0 Å². The minimum atomic E-state index is -0.425. The van der Waals surface area contributed by atoms with Crippen LogP contribution >= 0.6 is 11.3 Å². The molecule has 3 aromatic rings. The van der Waals surface area contributed by atoms with Gasteiger partial charge in [0.15, 0.2) is 0 Å². The highest BCUT2D eigenvalue weighted by Gasteiger charge is 2.13. The first kappa shape index (κ1) is 17.8. The third-order valence-corrected chi connectivity index (χ3v) is 4.84. The molecule has 0 saturated carbocycles. The largest absolute Gasteiger partial charge is 0.370 e. The number of amides is 2. The van der Waals surface area contributed by atoms with E-state index < -0.39 is 5.91 Å². The van der Waals surface area contributed by atoms with E-state index in [9.17, 15) is 9.59 Å². The molecule has 0 radical (unpaired) electrons. The fourth-order valence-electron chi connectivity index (χ4n) is 2.53. The van der Waals surface area contributed by atoms with Crippen LogP contribution in [-0.4, -0.2) is 28.2 Å². The van der Waals surface area contributed by atoms with Crippen LogP contribution in [0.2, 0.25) is 0 Å². The summed E-state index contributed by atoms with van der Waals surface area (Å²) in [6.07, 6.45) is 3.35. The molecule has 6 heteroatoms. The Morgan fingerprint density at radius 2 is 1.81 bits per heavy atom. The number of para-hydroxylation sites is 1. The van der Waals surface area contributed by atoms with Crippen LogP contribution < -0.4 is 5.73 Å². The second kappa shape index (κ2) is 8.40. The summed E-state index contributed by atoms with van der Waals surface area (Å²) in [4.78, 5) is 29.8. The number of hydrogen-bond donors (Lipinski definition) is 1. The molecule has 0 aliphatic rings. The molecule has 132 valence electrons. The molecule has 0 spiro atoms. The molecule has 1 aromatic heterocycles. The molecular weight excluding hydrogens is 346 g/mol. The molecule has 26 heavy (non-hydrogen) atoms. The van der Waals surface area contributed by atoms with Gasteiger partial charge in [-0.05, 0) is 23.8 Å². The molecule has 0 bridgehead atoms. The van der Waals surface area contributed by atoms with Gasteiger partial charge in [0.2, 0.25) is 11.8 Å². The Bertz CT molecular complexity index is 901.